The van der Waals surface area contributed by atoms with E-state index in [4.69, 9.17) is 4.74 Å². The monoisotopic (exact) mass is 368 g/mol. The third-order valence-corrected chi connectivity index (χ3v) is 4.68. The number of rotatable bonds is 8. The number of amides is 1. The first-order chi connectivity index (χ1) is 13.3. The van der Waals surface area contributed by atoms with Crippen LogP contribution in [0.3, 0.4) is 0 Å². The highest BCUT2D eigenvalue weighted by atomic mass is 16.5. The van der Waals surface area contributed by atoms with Crippen molar-refractivity contribution in [2.45, 2.75) is 25.7 Å². The van der Waals surface area contributed by atoms with E-state index in [1.54, 1.807) is 19.4 Å². The number of ether oxygens (including phenoxy) is 1. The van der Waals surface area contributed by atoms with Gasteiger partial charge in [-0.2, -0.15) is 0 Å². The normalized spacial score (nSPS) is 14.0. The van der Waals surface area contributed by atoms with Crippen molar-refractivity contribution < 1.29 is 9.53 Å². The molecule has 2 heterocycles. The van der Waals surface area contributed by atoms with Crippen molar-refractivity contribution in [3.05, 3.63) is 48.3 Å². The minimum Gasteiger partial charge on any atom is -0.385 e. The van der Waals surface area contributed by atoms with Crippen molar-refractivity contribution in [2.24, 2.45) is 0 Å². The highest BCUT2D eigenvalue weighted by Gasteiger charge is 2.10. The van der Waals surface area contributed by atoms with Gasteiger partial charge in [-0.3, -0.25) is 4.79 Å². The third kappa shape index (κ3) is 5.69. The van der Waals surface area contributed by atoms with Crippen LogP contribution in [0.4, 0.5) is 17.1 Å². The standard InChI is InChI=1S/C21H28N4O2/c1-27-15-5-12-22-21(26)20-11-8-18(16-23-20)24-17-6-9-19(10-7-17)25-13-3-2-4-14-25/h6-11,16,24H,2-5,12-15H2,1H3,(H,22,26). The molecule has 1 fully saturated rings. The van der Waals surface area contributed by atoms with E-state index in [1.807, 2.05) is 6.07 Å². The van der Waals surface area contributed by atoms with Gasteiger partial charge in [0.15, 0.2) is 0 Å². The lowest BCUT2D eigenvalue weighted by Crippen LogP contribution is -2.29. The molecule has 27 heavy (non-hydrogen) atoms. The van der Waals surface area contributed by atoms with E-state index in [0.29, 0.717) is 18.8 Å². The number of nitrogens with one attached hydrogen (secondary N) is 2. The summed E-state index contributed by atoms with van der Waals surface area (Å²) in [5.41, 5.74) is 3.56. The van der Waals surface area contributed by atoms with E-state index in [-0.39, 0.29) is 5.91 Å². The first-order valence-electron chi connectivity index (χ1n) is 9.61. The van der Waals surface area contributed by atoms with Crippen molar-refractivity contribution in [2.75, 3.05) is 43.6 Å². The van der Waals surface area contributed by atoms with E-state index in [0.717, 1.165) is 30.9 Å². The fourth-order valence-electron chi connectivity index (χ4n) is 3.19. The number of hydrogen-bond donors (Lipinski definition) is 2. The lowest BCUT2D eigenvalue weighted by molar-refractivity contribution is 0.0943. The summed E-state index contributed by atoms with van der Waals surface area (Å²) in [6, 6.07) is 12.1. The topological polar surface area (TPSA) is 66.5 Å². The Morgan fingerprint density at radius 3 is 2.48 bits per heavy atom. The SMILES string of the molecule is COCCCNC(=O)c1ccc(Nc2ccc(N3CCCCC3)cc2)cn1. The Morgan fingerprint density at radius 2 is 1.81 bits per heavy atom. The maximum atomic E-state index is 12.0. The van der Waals surface area contributed by atoms with Gasteiger partial charge in [0.1, 0.15) is 5.69 Å². The summed E-state index contributed by atoms with van der Waals surface area (Å²) in [4.78, 5) is 18.7. The van der Waals surface area contributed by atoms with Crippen LogP contribution >= 0.6 is 0 Å². The van der Waals surface area contributed by atoms with Crippen molar-refractivity contribution in [1.29, 1.82) is 0 Å². The second-order valence-corrected chi connectivity index (χ2v) is 6.75. The van der Waals surface area contributed by atoms with Gasteiger partial charge in [0.05, 0.1) is 11.9 Å². The lowest BCUT2D eigenvalue weighted by atomic mass is 10.1. The van der Waals surface area contributed by atoms with Crippen LogP contribution in [-0.4, -0.2) is 44.2 Å². The molecular formula is C21H28N4O2. The van der Waals surface area contributed by atoms with Crippen LogP contribution < -0.4 is 15.5 Å². The number of hydrogen-bond acceptors (Lipinski definition) is 5. The van der Waals surface area contributed by atoms with E-state index in [2.05, 4.69) is 44.8 Å². The largest absolute Gasteiger partial charge is 0.385 e. The smallest absolute Gasteiger partial charge is 0.269 e. The van der Waals surface area contributed by atoms with E-state index < -0.39 is 0 Å². The molecule has 0 unspecified atom stereocenters. The molecule has 6 heteroatoms. The average molecular weight is 368 g/mol. The first-order valence-corrected chi connectivity index (χ1v) is 9.61. The summed E-state index contributed by atoms with van der Waals surface area (Å²) in [6.45, 7) is 3.50. The van der Waals surface area contributed by atoms with Gasteiger partial charge in [0.25, 0.3) is 5.91 Å². The molecule has 6 nitrogen and oxygen atoms in total. The Hall–Kier alpha value is -2.60. The van der Waals surface area contributed by atoms with Crippen LogP contribution in [0.15, 0.2) is 42.6 Å². The zero-order chi connectivity index (χ0) is 18.9. The second-order valence-electron chi connectivity index (χ2n) is 6.75. The molecule has 1 aromatic carbocycles. The molecule has 0 aliphatic carbocycles. The number of pyridine rings is 1. The van der Waals surface area contributed by atoms with E-state index in [1.165, 1.54) is 24.9 Å². The number of aromatic nitrogens is 1. The Balaban J connectivity index is 1.52. The van der Waals surface area contributed by atoms with Gasteiger partial charge in [-0.15, -0.1) is 0 Å². The van der Waals surface area contributed by atoms with Gasteiger partial charge >= 0.3 is 0 Å². The van der Waals surface area contributed by atoms with E-state index in [9.17, 15) is 4.79 Å². The van der Waals surface area contributed by atoms with Crippen LogP contribution in [0.2, 0.25) is 0 Å². The minimum absolute atomic E-state index is 0.163. The van der Waals surface area contributed by atoms with Crippen LogP contribution in [0.5, 0.6) is 0 Å². The Labute approximate surface area is 160 Å². The molecule has 0 bridgehead atoms. The molecule has 1 saturated heterocycles. The molecule has 0 radical (unpaired) electrons. The van der Waals surface area contributed by atoms with Gasteiger partial charge in [-0.1, -0.05) is 0 Å². The molecular weight excluding hydrogens is 340 g/mol. The molecule has 2 aromatic rings. The molecule has 0 saturated carbocycles. The predicted octanol–water partition coefficient (Wildman–Crippen LogP) is 3.58. The van der Waals surface area contributed by atoms with Crippen molar-refractivity contribution in [1.82, 2.24) is 10.3 Å². The summed E-state index contributed by atoms with van der Waals surface area (Å²) in [5, 5.41) is 6.16. The Morgan fingerprint density at radius 1 is 1.07 bits per heavy atom. The van der Waals surface area contributed by atoms with Gasteiger partial charge < -0.3 is 20.3 Å². The Bertz CT molecular complexity index is 710. The molecule has 144 valence electrons. The zero-order valence-corrected chi connectivity index (χ0v) is 15.9. The number of methoxy groups -OCH3 is 1. The maximum Gasteiger partial charge on any atom is 0.269 e. The predicted molar refractivity (Wildman–Crippen MR) is 109 cm³/mol. The fourth-order valence-corrected chi connectivity index (χ4v) is 3.19. The minimum atomic E-state index is -0.163. The highest BCUT2D eigenvalue weighted by Crippen LogP contribution is 2.23. The van der Waals surface area contributed by atoms with Crippen LogP contribution in [0.25, 0.3) is 0 Å². The van der Waals surface area contributed by atoms with Gasteiger partial charge in [-0.25, -0.2) is 4.98 Å². The summed E-state index contributed by atoms with van der Waals surface area (Å²) >= 11 is 0. The number of piperidine rings is 1. The first kappa shape index (κ1) is 19.2. The number of anilines is 3. The van der Waals surface area contributed by atoms with Crippen molar-refractivity contribution in [3.63, 3.8) is 0 Å². The molecule has 1 aliphatic heterocycles. The van der Waals surface area contributed by atoms with Gasteiger partial charge in [0, 0.05) is 44.7 Å². The van der Waals surface area contributed by atoms with Crippen molar-refractivity contribution >= 4 is 23.0 Å². The maximum absolute atomic E-state index is 12.0. The van der Waals surface area contributed by atoms with Gasteiger partial charge in [0.2, 0.25) is 0 Å². The van der Waals surface area contributed by atoms with Gasteiger partial charge in [-0.05, 0) is 62.1 Å². The van der Waals surface area contributed by atoms with Crippen LogP contribution in [-0.2, 0) is 4.74 Å². The average Bonchev–Trinajstić information content (AvgIpc) is 2.73. The molecule has 1 aliphatic rings. The van der Waals surface area contributed by atoms with Crippen molar-refractivity contribution in [3.8, 4) is 0 Å². The number of nitrogens with zero attached hydrogens (tertiary/aromatic N) is 2. The summed E-state index contributed by atoms with van der Waals surface area (Å²) < 4.78 is 4.97. The molecule has 3 rings (SSSR count). The molecule has 0 spiro atoms. The van der Waals surface area contributed by atoms with E-state index >= 15 is 0 Å². The fraction of sp³-hybridized carbons (Fsp3) is 0.429. The molecule has 1 amide bonds. The molecule has 1 aromatic heterocycles. The number of benzene rings is 1. The second kappa shape index (κ2) is 9.92. The summed E-state index contributed by atoms with van der Waals surface area (Å²) in [6.07, 6.45) is 6.36. The highest BCUT2D eigenvalue weighted by molar-refractivity contribution is 5.92. The summed E-state index contributed by atoms with van der Waals surface area (Å²) in [7, 11) is 1.65. The van der Waals surface area contributed by atoms with Crippen LogP contribution in [0.1, 0.15) is 36.2 Å². The number of carbonyl (C=O) groups excluding carboxylic acids is 1. The number of carbonyl (C=O) groups is 1. The zero-order valence-electron chi connectivity index (χ0n) is 15.9. The Kier molecular flexibility index (Phi) is 7.04. The lowest BCUT2D eigenvalue weighted by Gasteiger charge is -2.28. The quantitative estimate of drug-likeness (QED) is 0.697. The molecule has 2 N–H and O–H groups in total. The molecule has 0 atom stereocenters. The summed E-state index contributed by atoms with van der Waals surface area (Å²) in [5.74, 6) is -0.163. The third-order valence-electron chi connectivity index (χ3n) is 4.68. The van der Waals surface area contributed by atoms with Crippen LogP contribution in [0, 0.1) is 0 Å².